The van der Waals surface area contributed by atoms with Crippen LogP contribution in [0.1, 0.15) is 13.8 Å². The Kier molecular flexibility index (Phi) is 4.37. The molecule has 0 unspecified atom stereocenters. The van der Waals surface area contributed by atoms with E-state index in [-0.39, 0.29) is 0 Å². The van der Waals surface area contributed by atoms with Crippen molar-refractivity contribution >= 4 is 11.4 Å². The van der Waals surface area contributed by atoms with Crippen molar-refractivity contribution in [3.05, 3.63) is 42.5 Å². The number of aromatic nitrogens is 2. The number of nitrogen functional groups attached to an aromatic ring is 1. The summed E-state index contributed by atoms with van der Waals surface area (Å²) in [6.45, 7) is 4.12. The lowest BCUT2D eigenvalue weighted by atomic mass is 10.1. The third-order valence-corrected chi connectivity index (χ3v) is 3.52. The van der Waals surface area contributed by atoms with Crippen molar-refractivity contribution in [1.29, 1.82) is 0 Å². The van der Waals surface area contributed by atoms with E-state index in [1.807, 2.05) is 42.5 Å². The van der Waals surface area contributed by atoms with E-state index in [9.17, 15) is 0 Å². The minimum absolute atomic E-state index is 0.304. The third-order valence-electron chi connectivity index (χ3n) is 3.52. The van der Waals surface area contributed by atoms with Crippen LogP contribution in [0.15, 0.2) is 47.0 Å². The van der Waals surface area contributed by atoms with Crippen LogP contribution in [0.2, 0.25) is 0 Å². The lowest BCUT2D eigenvalue weighted by molar-refractivity contribution is 0.413. The first-order chi connectivity index (χ1) is 11.6. The molecule has 0 spiro atoms. The van der Waals surface area contributed by atoms with Crippen molar-refractivity contribution in [1.82, 2.24) is 10.1 Å². The summed E-state index contributed by atoms with van der Waals surface area (Å²) in [5.74, 6) is 1.59. The van der Waals surface area contributed by atoms with E-state index < -0.39 is 0 Å². The molecule has 0 fully saturated rings. The average molecular weight is 324 g/mol. The number of nitrogens with one attached hydrogen (secondary N) is 1. The summed E-state index contributed by atoms with van der Waals surface area (Å²) in [5, 5.41) is 7.34. The van der Waals surface area contributed by atoms with Crippen molar-refractivity contribution in [2.75, 3.05) is 18.2 Å². The molecule has 0 atom stereocenters. The maximum Gasteiger partial charge on any atom is 0.258 e. The zero-order chi connectivity index (χ0) is 17.1. The minimum atomic E-state index is 0.304. The topological polar surface area (TPSA) is 86.2 Å². The number of hydrogen-bond donors (Lipinski definition) is 2. The Morgan fingerprint density at radius 1 is 1.17 bits per heavy atom. The molecule has 3 aromatic rings. The molecule has 0 aliphatic rings. The Hall–Kier alpha value is -3.02. The standard InChI is InChI=1S/C18H20N4O2/c1-11(2)20-15-9-8-12(10-14(15)19)18-21-17(22-24-18)13-6-4-5-7-16(13)23-3/h4-11,20H,19H2,1-3H3. The maximum atomic E-state index is 6.10. The zero-order valence-electron chi connectivity index (χ0n) is 13.9. The number of nitrogens with zero attached hydrogens (tertiary/aromatic N) is 2. The minimum Gasteiger partial charge on any atom is -0.496 e. The number of anilines is 2. The second-order valence-corrected chi connectivity index (χ2v) is 5.72. The van der Waals surface area contributed by atoms with Gasteiger partial charge in [-0.3, -0.25) is 0 Å². The SMILES string of the molecule is COc1ccccc1-c1noc(-c2ccc(NC(C)C)c(N)c2)n1. The first-order valence-electron chi connectivity index (χ1n) is 7.72. The molecule has 1 heterocycles. The molecular formula is C18H20N4O2. The molecule has 0 radical (unpaired) electrons. The molecule has 3 N–H and O–H groups in total. The number of rotatable bonds is 5. The second kappa shape index (κ2) is 6.62. The summed E-state index contributed by atoms with van der Waals surface area (Å²) in [5.41, 5.74) is 9.18. The van der Waals surface area contributed by atoms with Gasteiger partial charge in [-0.1, -0.05) is 17.3 Å². The number of benzene rings is 2. The predicted octanol–water partition coefficient (Wildman–Crippen LogP) is 3.81. The van der Waals surface area contributed by atoms with Crippen LogP contribution >= 0.6 is 0 Å². The molecular weight excluding hydrogens is 304 g/mol. The zero-order valence-corrected chi connectivity index (χ0v) is 13.9. The number of hydrogen-bond acceptors (Lipinski definition) is 6. The monoisotopic (exact) mass is 324 g/mol. The van der Waals surface area contributed by atoms with E-state index in [0.29, 0.717) is 29.2 Å². The van der Waals surface area contributed by atoms with E-state index in [2.05, 4.69) is 29.3 Å². The van der Waals surface area contributed by atoms with Gasteiger partial charge >= 0.3 is 0 Å². The van der Waals surface area contributed by atoms with Gasteiger partial charge < -0.3 is 20.3 Å². The van der Waals surface area contributed by atoms with Gasteiger partial charge in [0.05, 0.1) is 24.0 Å². The van der Waals surface area contributed by atoms with Gasteiger partial charge in [-0.05, 0) is 44.2 Å². The molecule has 0 saturated carbocycles. The molecule has 0 saturated heterocycles. The fraction of sp³-hybridized carbons (Fsp3) is 0.222. The van der Waals surface area contributed by atoms with Gasteiger partial charge in [-0.25, -0.2) is 0 Å². The molecule has 0 amide bonds. The van der Waals surface area contributed by atoms with Crippen molar-refractivity contribution < 1.29 is 9.26 Å². The molecule has 1 aromatic heterocycles. The summed E-state index contributed by atoms with van der Waals surface area (Å²) in [6.07, 6.45) is 0. The van der Waals surface area contributed by atoms with Crippen molar-refractivity contribution in [3.8, 4) is 28.6 Å². The quantitative estimate of drug-likeness (QED) is 0.694. The Balaban J connectivity index is 1.92. The summed E-state index contributed by atoms with van der Waals surface area (Å²) in [4.78, 5) is 4.46. The lowest BCUT2D eigenvalue weighted by Gasteiger charge is -2.12. The Morgan fingerprint density at radius 3 is 2.67 bits per heavy atom. The van der Waals surface area contributed by atoms with Crippen LogP contribution in [0.5, 0.6) is 5.75 Å². The highest BCUT2D eigenvalue weighted by Crippen LogP contribution is 2.31. The predicted molar refractivity (Wildman–Crippen MR) is 94.9 cm³/mol. The maximum absolute atomic E-state index is 6.10. The van der Waals surface area contributed by atoms with Crippen molar-refractivity contribution in [3.63, 3.8) is 0 Å². The number of ether oxygens (including phenoxy) is 1. The van der Waals surface area contributed by atoms with Gasteiger partial charge in [0.1, 0.15) is 5.75 Å². The van der Waals surface area contributed by atoms with Crippen LogP contribution in [0, 0.1) is 0 Å². The summed E-state index contributed by atoms with van der Waals surface area (Å²) in [7, 11) is 1.61. The number of nitrogens with two attached hydrogens (primary N) is 1. The van der Waals surface area contributed by atoms with E-state index in [4.69, 9.17) is 15.0 Å². The molecule has 2 aromatic carbocycles. The third kappa shape index (κ3) is 3.17. The smallest absolute Gasteiger partial charge is 0.258 e. The van der Waals surface area contributed by atoms with Gasteiger partial charge in [0, 0.05) is 11.6 Å². The van der Waals surface area contributed by atoms with Gasteiger partial charge in [-0.2, -0.15) is 4.98 Å². The van der Waals surface area contributed by atoms with E-state index >= 15 is 0 Å². The Bertz CT molecular complexity index is 843. The van der Waals surface area contributed by atoms with E-state index in [1.165, 1.54) is 0 Å². The van der Waals surface area contributed by atoms with Gasteiger partial charge in [0.25, 0.3) is 5.89 Å². The fourth-order valence-corrected chi connectivity index (χ4v) is 2.42. The molecule has 124 valence electrons. The van der Waals surface area contributed by atoms with Gasteiger partial charge in [0.2, 0.25) is 5.82 Å². The van der Waals surface area contributed by atoms with Crippen LogP contribution < -0.4 is 15.8 Å². The summed E-state index contributed by atoms with van der Waals surface area (Å²) in [6, 6.07) is 13.5. The Morgan fingerprint density at radius 2 is 1.96 bits per heavy atom. The van der Waals surface area contributed by atoms with Crippen molar-refractivity contribution in [2.45, 2.75) is 19.9 Å². The number of para-hydroxylation sites is 1. The largest absolute Gasteiger partial charge is 0.496 e. The van der Waals surface area contributed by atoms with Crippen LogP contribution in [0.25, 0.3) is 22.8 Å². The normalized spacial score (nSPS) is 10.8. The molecule has 0 bridgehead atoms. The molecule has 6 heteroatoms. The van der Waals surface area contributed by atoms with Crippen molar-refractivity contribution in [2.24, 2.45) is 0 Å². The van der Waals surface area contributed by atoms with E-state index in [1.54, 1.807) is 7.11 Å². The molecule has 3 rings (SSSR count). The van der Waals surface area contributed by atoms with Gasteiger partial charge in [0.15, 0.2) is 0 Å². The molecule has 0 aliphatic carbocycles. The molecule has 0 aliphatic heterocycles. The van der Waals surface area contributed by atoms with E-state index in [0.717, 1.165) is 16.8 Å². The summed E-state index contributed by atoms with van der Waals surface area (Å²) < 4.78 is 10.7. The highest BCUT2D eigenvalue weighted by atomic mass is 16.5. The van der Waals surface area contributed by atoms with Crippen LogP contribution in [-0.4, -0.2) is 23.3 Å². The average Bonchev–Trinajstić information content (AvgIpc) is 3.06. The second-order valence-electron chi connectivity index (χ2n) is 5.72. The highest BCUT2D eigenvalue weighted by molar-refractivity contribution is 5.74. The molecule has 6 nitrogen and oxygen atoms in total. The summed E-state index contributed by atoms with van der Waals surface area (Å²) >= 11 is 0. The van der Waals surface area contributed by atoms with Crippen LogP contribution in [0.4, 0.5) is 11.4 Å². The highest BCUT2D eigenvalue weighted by Gasteiger charge is 2.15. The number of methoxy groups -OCH3 is 1. The Labute approximate surface area is 140 Å². The first-order valence-corrected chi connectivity index (χ1v) is 7.72. The lowest BCUT2D eigenvalue weighted by Crippen LogP contribution is -2.11. The van der Waals surface area contributed by atoms with Gasteiger partial charge in [-0.15, -0.1) is 0 Å². The molecule has 24 heavy (non-hydrogen) atoms. The first kappa shape index (κ1) is 15.9. The van der Waals surface area contributed by atoms with Crippen LogP contribution in [0.3, 0.4) is 0 Å². The van der Waals surface area contributed by atoms with Crippen LogP contribution in [-0.2, 0) is 0 Å². The fourth-order valence-electron chi connectivity index (χ4n) is 2.42.